The molecule has 0 bridgehead atoms. The van der Waals surface area contributed by atoms with Crippen LogP contribution in [0.1, 0.15) is 35.5 Å². The van der Waals surface area contributed by atoms with Crippen LogP contribution < -0.4 is 0 Å². The Morgan fingerprint density at radius 3 is 2.84 bits per heavy atom. The molecule has 0 amide bonds. The largest absolute Gasteiger partial charge is 0.237 e. The van der Waals surface area contributed by atoms with Crippen molar-refractivity contribution in [3.05, 3.63) is 57.9 Å². The SMILES string of the molecule is Fc1cccc(Cc2nc(Cl)c3c(n2)CCCC3)c1. The highest BCUT2D eigenvalue weighted by atomic mass is 35.5. The molecule has 98 valence electrons. The number of nitrogens with zero attached hydrogens (tertiary/aromatic N) is 2. The number of hydrogen-bond donors (Lipinski definition) is 0. The summed E-state index contributed by atoms with van der Waals surface area (Å²) in [7, 11) is 0. The fourth-order valence-corrected chi connectivity index (χ4v) is 2.81. The van der Waals surface area contributed by atoms with Gasteiger partial charge in [-0.15, -0.1) is 0 Å². The van der Waals surface area contributed by atoms with E-state index < -0.39 is 0 Å². The van der Waals surface area contributed by atoms with Crippen LogP contribution in [-0.2, 0) is 19.3 Å². The number of benzene rings is 1. The Balaban J connectivity index is 1.91. The molecule has 0 fully saturated rings. The van der Waals surface area contributed by atoms with E-state index in [-0.39, 0.29) is 5.82 Å². The van der Waals surface area contributed by atoms with Crippen molar-refractivity contribution in [3.63, 3.8) is 0 Å². The Kier molecular flexibility index (Phi) is 3.47. The molecule has 2 aromatic rings. The first kappa shape index (κ1) is 12.5. The van der Waals surface area contributed by atoms with Crippen LogP contribution in [0.3, 0.4) is 0 Å². The third kappa shape index (κ3) is 2.76. The van der Waals surface area contributed by atoms with E-state index in [1.807, 2.05) is 6.07 Å². The van der Waals surface area contributed by atoms with Gasteiger partial charge in [0.05, 0.1) is 0 Å². The molecule has 0 N–H and O–H groups in total. The van der Waals surface area contributed by atoms with Crippen molar-refractivity contribution >= 4 is 11.6 Å². The third-order valence-corrected chi connectivity index (χ3v) is 3.74. The van der Waals surface area contributed by atoms with Gasteiger partial charge in [-0.3, -0.25) is 0 Å². The zero-order valence-electron chi connectivity index (χ0n) is 10.5. The lowest BCUT2D eigenvalue weighted by atomic mass is 9.97. The van der Waals surface area contributed by atoms with Crippen LogP contribution in [0.2, 0.25) is 5.15 Å². The van der Waals surface area contributed by atoms with Crippen molar-refractivity contribution in [2.75, 3.05) is 0 Å². The van der Waals surface area contributed by atoms with Crippen LogP contribution in [0, 0.1) is 5.82 Å². The smallest absolute Gasteiger partial charge is 0.136 e. The minimum atomic E-state index is -0.235. The van der Waals surface area contributed by atoms with Crippen LogP contribution in [0.25, 0.3) is 0 Å². The van der Waals surface area contributed by atoms with E-state index in [0.717, 1.165) is 42.5 Å². The number of rotatable bonds is 2. The third-order valence-electron chi connectivity index (χ3n) is 3.43. The molecule has 0 saturated carbocycles. The van der Waals surface area contributed by atoms with Gasteiger partial charge in [0.15, 0.2) is 0 Å². The van der Waals surface area contributed by atoms with Crippen LogP contribution >= 0.6 is 11.6 Å². The molecule has 1 heterocycles. The van der Waals surface area contributed by atoms with Crippen molar-refractivity contribution in [1.82, 2.24) is 9.97 Å². The quantitative estimate of drug-likeness (QED) is 0.781. The molecule has 1 aromatic heterocycles. The summed E-state index contributed by atoms with van der Waals surface area (Å²) in [5.74, 6) is 0.442. The second-order valence-electron chi connectivity index (χ2n) is 4.87. The summed E-state index contributed by atoms with van der Waals surface area (Å²) >= 11 is 6.22. The van der Waals surface area contributed by atoms with Crippen LogP contribution in [-0.4, -0.2) is 9.97 Å². The first-order chi connectivity index (χ1) is 9.22. The van der Waals surface area contributed by atoms with E-state index >= 15 is 0 Å². The Labute approximate surface area is 116 Å². The maximum Gasteiger partial charge on any atom is 0.136 e. The van der Waals surface area contributed by atoms with E-state index in [9.17, 15) is 4.39 Å². The molecule has 0 saturated heterocycles. The van der Waals surface area contributed by atoms with E-state index in [1.165, 1.54) is 12.1 Å². The zero-order chi connectivity index (χ0) is 13.2. The first-order valence-electron chi connectivity index (χ1n) is 6.51. The van der Waals surface area contributed by atoms with Gasteiger partial charge in [0.2, 0.25) is 0 Å². The first-order valence-corrected chi connectivity index (χ1v) is 6.89. The molecule has 1 aliphatic rings. The fraction of sp³-hybridized carbons (Fsp3) is 0.333. The zero-order valence-corrected chi connectivity index (χ0v) is 11.3. The Morgan fingerprint density at radius 1 is 1.16 bits per heavy atom. The summed E-state index contributed by atoms with van der Waals surface area (Å²) in [6, 6.07) is 6.52. The normalized spacial score (nSPS) is 14.2. The minimum absolute atomic E-state index is 0.235. The van der Waals surface area contributed by atoms with E-state index in [4.69, 9.17) is 11.6 Å². The average molecular weight is 277 g/mol. The van der Waals surface area contributed by atoms with E-state index in [0.29, 0.717) is 17.4 Å². The number of hydrogen-bond acceptors (Lipinski definition) is 2. The number of aryl methyl sites for hydroxylation is 1. The Morgan fingerprint density at radius 2 is 2.00 bits per heavy atom. The molecule has 2 nitrogen and oxygen atoms in total. The van der Waals surface area contributed by atoms with Gasteiger partial charge >= 0.3 is 0 Å². The number of halogens is 2. The summed E-state index contributed by atoms with van der Waals surface area (Å²) in [4.78, 5) is 8.92. The predicted molar refractivity (Wildman–Crippen MR) is 72.9 cm³/mol. The van der Waals surface area contributed by atoms with Gasteiger partial charge in [0, 0.05) is 17.7 Å². The van der Waals surface area contributed by atoms with Gasteiger partial charge in [-0.05, 0) is 43.4 Å². The number of fused-ring (bicyclic) bond motifs is 1. The van der Waals surface area contributed by atoms with Gasteiger partial charge < -0.3 is 0 Å². The van der Waals surface area contributed by atoms with Crippen molar-refractivity contribution in [2.45, 2.75) is 32.1 Å². The standard InChI is InChI=1S/C15H14ClFN2/c16-15-12-6-1-2-7-13(12)18-14(19-15)9-10-4-3-5-11(17)8-10/h3-5,8H,1-2,6-7,9H2. The van der Waals surface area contributed by atoms with Crippen molar-refractivity contribution in [1.29, 1.82) is 0 Å². The number of aromatic nitrogens is 2. The summed E-state index contributed by atoms with van der Waals surface area (Å²) < 4.78 is 13.2. The molecule has 0 spiro atoms. The second kappa shape index (κ2) is 5.25. The Bertz CT molecular complexity index is 613. The summed E-state index contributed by atoms with van der Waals surface area (Å²) in [6.07, 6.45) is 4.76. The summed E-state index contributed by atoms with van der Waals surface area (Å²) in [5.41, 5.74) is 3.03. The highest BCUT2D eigenvalue weighted by Gasteiger charge is 2.16. The van der Waals surface area contributed by atoms with E-state index in [2.05, 4.69) is 9.97 Å². The molecule has 1 aliphatic carbocycles. The Hall–Kier alpha value is -1.48. The van der Waals surface area contributed by atoms with Gasteiger partial charge in [0.25, 0.3) is 0 Å². The van der Waals surface area contributed by atoms with Crippen molar-refractivity contribution < 1.29 is 4.39 Å². The monoisotopic (exact) mass is 276 g/mol. The highest BCUT2D eigenvalue weighted by molar-refractivity contribution is 6.30. The molecular weight excluding hydrogens is 263 g/mol. The lowest BCUT2D eigenvalue weighted by molar-refractivity contribution is 0.625. The molecular formula is C15H14ClFN2. The van der Waals surface area contributed by atoms with Crippen LogP contribution in [0.15, 0.2) is 24.3 Å². The van der Waals surface area contributed by atoms with Crippen LogP contribution in [0.4, 0.5) is 4.39 Å². The molecule has 1 aromatic carbocycles. The van der Waals surface area contributed by atoms with Crippen molar-refractivity contribution in [3.8, 4) is 0 Å². The van der Waals surface area contributed by atoms with Gasteiger partial charge in [-0.2, -0.15) is 0 Å². The van der Waals surface area contributed by atoms with Gasteiger partial charge in [-0.1, -0.05) is 23.7 Å². The maximum absolute atomic E-state index is 13.2. The predicted octanol–water partition coefficient (Wildman–Crippen LogP) is 3.74. The fourth-order valence-electron chi connectivity index (χ4n) is 2.51. The molecule has 0 unspecified atom stereocenters. The lowest BCUT2D eigenvalue weighted by Gasteiger charge is -2.16. The molecule has 0 radical (unpaired) electrons. The molecule has 0 aliphatic heterocycles. The molecule has 19 heavy (non-hydrogen) atoms. The minimum Gasteiger partial charge on any atom is -0.237 e. The second-order valence-corrected chi connectivity index (χ2v) is 5.23. The average Bonchev–Trinajstić information content (AvgIpc) is 2.39. The van der Waals surface area contributed by atoms with Crippen LogP contribution in [0.5, 0.6) is 0 Å². The molecule has 0 atom stereocenters. The highest BCUT2D eigenvalue weighted by Crippen LogP contribution is 2.25. The molecule has 3 rings (SSSR count). The summed E-state index contributed by atoms with van der Waals surface area (Å²) in [6.45, 7) is 0. The van der Waals surface area contributed by atoms with E-state index in [1.54, 1.807) is 6.07 Å². The lowest BCUT2D eigenvalue weighted by Crippen LogP contribution is -2.10. The van der Waals surface area contributed by atoms with Gasteiger partial charge in [0.1, 0.15) is 16.8 Å². The summed E-state index contributed by atoms with van der Waals surface area (Å²) in [5, 5.41) is 0.566. The topological polar surface area (TPSA) is 25.8 Å². The maximum atomic E-state index is 13.2. The van der Waals surface area contributed by atoms with Gasteiger partial charge in [-0.25, -0.2) is 14.4 Å². The molecule has 4 heteroatoms. The van der Waals surface area contributed by atoms with Crippen molar-refractivity contribution in [2.24, 2.45) is 0 Å².